The zero-order valence-electron chi connectivity index (χ0n) is 20.9. The van der Waals surface area contributed by atoms with Gasteiger partial charge in [-0.05, 0) is 61.0 Å². The minimum absolute atomic E-state index is 0.103. The van der Waals surface area contributed by atoms with Gasteiger partial charge in [-0.2, -0.15) is 0 Å². The molecule has 0 unspecified atom stereocenters. The maximum Gasteiger partial charge on any atom is 0.341 e. The second-order valence-electron chi connectivity index (χ2n) is 7.57. The Morgan fingerprint density at radius 3 is 2.16 bits per heavy atom. The Balaban J connectivity index is 1.74. The van der Waals surface area contributed by atoms with Gasteiger partial charge < -0.3 is 23.9 Å². The van der Waals surface area contributed by atoms with Crippen LogP contribution in [0.5, 0.6) is 11.5 Å². The van der Waals surface area contributed by atoms with Crippen LogP contribution in [0.4, 0.5) is 0 Å². The fourth-order valence-corrected chi connectivity index (χ4v) is 3.60. The molecule has 192 valence electrons. The number of carbonyl (C=O) groups is 1. The first-order valence-corrected chi connectivity index (χ1v) is 12.0. The molecule has 0 aliphatic carbocycles. The van der Waals surface area contributed by atoms with Crippen LogP contribution in [0.1, 0.15) is 23.6 Å². The first-order chi connectivity index (χ1) is 18.0. The summed E-state index contributed by atoms with van der Waals surface area (Å²) in [5.74, 6) is 0.885. The maximum absolute atomic E-state index is 12.2. The molecule has 0 saturated carbocycles. The van der Waals surface area contributed by atoms with Crippen molar-refractivity contribution in [2.75, 3.05) is 21.3 Å². The standard InChI is InChI=1S/C28H27BrN2O6/c1-19(30-36-17-21-7-5-6-8-25(21)26(18-33-2)28(32)34-3)27(31-35-4)20-9-13-23(14-10-20)37-24-15-11-22(29)12-16-24/h5-16,18H,17H2,1-4H3/b26-18+,30-19+,31-27+. The largest absolute Gasteiger partial charge is 0.503 e. The van der Waals surface area contributed by atoms with Crippen LogP contribution in [0.15, 0.2) is 93.8 Å². The van der Waals surface area contributed by atoms with Crippen molar-refractivity contribution in [3.05, 3.63) is 100 Å². The van der Waals surface area contributed by atoms with Gasteiger partial charge in [0.15, 0.2) is 0 Å². The topological polar surface area (TPSA) is 87.9 Å². The van der Waals surface area contributed by atoms with E-state index in [-0.39, 0.29) is 12.2 Å². The van der Waals surface area contributed by atoms with Gasteiger partial charge in [-0.1, -0.05) is 50.5 Å². The molecule has 3 rings (SSSR count). The summed E-state index contributed by atoms with van der Waals surface area (Å²) in [6.45, 7) is 1.87. The van der Waals surface area contributed by atoms with Crippen LogP contribution < -0.4 is 4.74 Å². The number of rotatable bonds is 11. The molecule has 0 heterocycles. The molecular weight excluding hydrogens is 540 g/mol. The maximum atomic E-state index is 12.2. The Kier molecular flexibility index (Phi) is 10.3. The highest BCUT2D eigenvalue weighted by molar-refractivity contribution is 9.10. The molecule has 0 aliphatic heterocycles. The summed E-state index contributed by atoms with van der Waals surface area (Å²) in [5, 5.41) is 8.35. The quantitative estimate of drug-likeness (QED) is 0.0883. The van der Waals surface area contributed by atoms with Crippen LogP contribution in [0.3, 0.4) is 0 Å². The van der Waals surface area contributed by atoms with Gasteiger partial charge in [0, 0.05) is 15.6 Å². The van der Waals surface area contributed by atoms with Gasteiger partial charge in [-0.25, -0.2) is 4.79 Å². The Bertz CT molecular complexity index is 1280. The minimum atomic E-state index is -0.518. The van der Waals surface area contributed by atoms with Crippen LogP contribution in [-0.2, 0) is 30.6 Å². The molecule has 9 heteroatoms. The Labute approximate surface area is 224 Å². The molecule has 0 fully saturated rings. The molecule has 0 aliphatic rings. The van der Waals surface area contributed by atoms with Crippen molar-refractivity contribution in [1.29, 1.82) is 0 Å². The fourth-order valence-electron chi connectivity index (χ4n) is 3.34. The monoisotopic (exact) mass is 566 g/mol. The van der Waals surface area contributed by atoms with Gasteiger partial charge in [0.2, 0.25) is 0 Å². The van der Waals surface area contributed by atoms with E-state index in [0.717, 1.165) is 21.3 Å². The summed E-state index contributed by atoms with van der Waals surface area (Å²) in [6.07, 6.45) is 1.34. The van der Waals surface area contributed by atoms with Gasteiger partial charge in [-0.15, -0.1) is 0 Å². The Hall–Kier alpha value is -4.11. The van der Waals surface area contributed by atoms with Crippen molar-refractivity contribution in [2.24, 2.45) is 10.3 Å². The first kappa shape index (κ1) is 27.5. The van der Waals surface area contributed by atoms with Crippen molar-refractivity contribution in [2.45, 2.75) is 13.5 Å². The summed E-state index contributed by atoms with van der Waals surface area (Å²) in [7, 11) is 4.24. The Morgan fingerprint density at radius 2 is 1.54 bits per heavy atom. The number of hydrogen-bond acceptors (Lipinski definition) is 8. The lowest BCUT2D eigenvalue weighted by Crippen LogP contribution is -2.13. The van der Waals surface area contributed by atoms with E-state index in [0.29, 0.717) is 22.7 Å². The van der Waals surface area contributed by atoms with Crippen molar-refractivity contribution in [3.8, 4) is 11.5 Å². The fraction of sp³-hybridized carbons (Fsp3) is 0.179. The molecule has 3 aromatic carbocycles. The number of ether oxygens (including phenoxy) is 3. The average Bonchev–Trinajstić information content (AvgIpc) is 2.92. The van der Waals surface area contributed by atoms with E-state index in [4.69, 9.17) is 23.9 Å². The zero-order valence-corrected chi connectivity index (χ0v) is 22.5. The average molecular weight is 567 g/mol. The van der Waals surface area contributed by atoms with Crippen LogP contribution in [-0.4, -0.2) is 38.7 Å². The molecular formula is C28H27BrN2O6. The molecule has 0 aromatic heterocycles. The molecule has 0 saturated heterocycles. The SMILES string of the molecule is CO/C=C(/C(=O)OC)c1ccccc1CO/N=C(C)/C(=N\OC)c1ccc(Oc2ccc(Br)cc2)cc1. The van der Waals surface area contributed by atoms with Gasteiger partial charge in [-0.3, -0.25) is 0 Å². The van der Waals surface area contributed by atoms with E-state index >= 15 is 0 Å². The van der Waals surface area contributed by atoms with E-state index in [1.807, 2.05) is 66.7 Å². The van der Waals surface area contributed by atoms with Crippen molar-refractivity contribution < 1.29 is 28.7 Å². The lowest BCUT2D eigenvalue weighted by Gasteiger charge is -2.11. The zero-order chi connectivity index (χ0) is 26.6. The lowest BCUT2D eigenvalue weighted by atomic mass is 10.0. The summed E-state index contributed by atoms with van der Waals surface area (Å²) in [4.78, 5) is 22.9. The predicted octanol–water partition coefficient (Wildman–Crippen LogP) is 6.34. The number of halogens is 1. The third kappa shape index (κ3) is 7.68. The van der Waals surface area contributed by atoms with Crippen molar-refractivity contribution in [3.63, 3.8) is 0 Å². The first-order valence-electron chi connectivity index (χ1n) is 11.2. The van der Waals surface area contributed by atoms with Gasteiger partial charge >= 0.3 is 5.97 Å². The van der Waals surface area contributed by atoms with Crippen LogP contribution >= 0.6 is 15.9 Å². The van der Waals surface area contributed by atoms with Crippen molar-refractivity contribution >= 4 is 38.9 Å². The van der Waals surface area contributed by atoms with Gasteiger partial charge in [0.1, 0.15) is 42.2 Å². The van der Waals surface area contributed by atoms with Crippen LogP contribution in [0, 0.1) is 0 Å². The van der Waals surface area contributed by atoms with Crippen LogP contribution in [0.25, 0.3) is 5.57 Å². The predicted molar refractivity (Wildman–Crippen MR) is 146 cm³/mol. The molecule has 0 spiro atoms. The van der Waals surface area contributed by atoms with E-state index < -0.39 is 5.97 Å². The summed E-state index contributed by atoms with van der Waals surface area (Å²) in [6, 6.07) is 22.2. The molecule has 8 nitrogen and oxygen atoms in total. The van der Waals surface area contributed by atoms with E-state index in [1.54, 1.807) is 13.0 Å². The molecule has 0 atom stereocenters. The molecule has 0 amide bonds. The van der Waals surface area contributed by atoms with Gasteiger partial charge in [0.05, 0.1) is 20.5 Å². The lowest BCUT2D eigenvalue weighted by molar-refractivity contribution is -0.133. The molecule has 37 heavy (non-hydrogen) atoms. The highest BCUT2D eigenvalue weighted by atomic mass is 79.9. The minimum Gasteiger partial charge on any atom is -0.503 e. The molecule has 0 N–H and O–H groups in total. The third-order valence-electron chi connectivity index (χ3n) is 5.07. The number of oxime groups is 2. The number of carbonyl (C=O) groups excluding carboxylic acids is 1. The number of nitrogens with zero attached hydrogens (tertiary/aromatic N) is 2. The van der Waals surface area contributed by atoms with Crippen LogP contribution in [0.2, 0.25) is 0 Å². The normalized spacial score (nSPS) is 12.1. The second kappa shape index (κ2) is 13.8. The van der Waals surface area contributed by atoms with E-state index in [1.165, 1.54) is 27.6 Å². The van der Waals surface area contributed by atoms with Crippen molar-refractivity contribution in [1.82, 2.24) is 0 Å². The summed E-state index contributed by atoms with van der Waals surface area (Å²) >= 11 is 3.41. The molecule has 0 bridgehead atoms. The molecule has 3 aromatic rings. The van der Waals surface area contributed by atoms with Gasteiger partial charge in [0.25, 0.3) is 0 Å². The molecule has 0 radical (unpaired) electrons. The number of esters is 1. The highest BCUT2D eigenvalue weighted by Crippen LogP contribution is 2.24. The summed E-state index contributed by atoms with van der Waals surface area (Å²) in [5.41, 5.74) is 3.40. The number of hydrogen-bond donors (Lipinski definition) is 0. The third-order valence-corrected chi connectivity index (χ3v) is 5.60. The highest BCUT2D eigenvalue weighted by Gasteiger charge is 2.17. The Morgan fingerprint density at radius 1 is 0.892 bits per heavy atom. The summed E-state index contributed by atoms with van der Waals surface area (Å²) < 4.78 is 16.8. The van der Waals surface area contributed by atoms with E-state index in [2.05, 4.69) is 26.2 Å². The number of methoxy groups -OCH3 is 2. The van der Waals surface area contributed by atoms with E-state index in [9.17, 15) is 4.79 Å². The second-order valence-corrected chi connectivity index (χ2v) is 8.48. The number of benzene rings is 3. The smallest absolute Gasteiger partial charge is 0.341 e.